The van der Waals surface area contributed by atoms with Crippen LogP contribution in [0.2, 0.25) is 0 Å². The summed E-state index contributed by atoms with van der Waals surface area (Å²) in [4.78, 5) is 31.3. The molecule has 1 unspecified atom stereocenters. The molecule has 1 aliphatic carbocycles. The number of rotatable bonds is 5. The summed E-state index contributed by atoms with van der Waals surface area (Å²) in [5.41, 5.74) is 1.34. The number of aryl methyl sites for hydroxylation is 1. The van der Waals surface area contributed by atoms with Gasteiger partial charge in [-0.2, -0.15) is 8.42 Å². The average Bonchev–Trinajstić information content (AvgIpc) is 2.78. The Hall–Kier alpha value is -2.74. The molecule has 1 atom stereocenters. The molecule has 2 amide bonds. The fourth-order valence-corrected chi connectivity index (χ4v) is 5.52. The lowest BCUT2D eigenvalue weighted by atomic mass is 9.83. The minimum absolute atomic E-state index is 0.226. The molecule has 2 aromatic rings. The van der Waals surface area contributed by atoms with Crippen LogP contribution in [-0.2, 0) is 14.8 Å². The van der Waals surface area contributed by atoms with Crippen LogP contribution in [0.15, 0.2) is 47.6 Å². The Kier molecular flexibility index (Phi) is 6.07. The van der Waals surface area contributed by atoms with E-state index in [1.165, 1.54) is 54.8 Å². The summed E-state index contributed by atoms with van der Waals surface area (Å²) in [7, 11) is -4.12. The number of hydrogen-bond donors (Lipinski definition) is 1. The van der Waals surface area contributed by atoms with Crippen LogP contribution < -0.4 is 4.72 Å². The first kappa shape index (κ1) is 22.5. The van der Waals surface area contributed by atoms with Crippen LogP contribution in [0, 0.1) is 6.92 Å². The van der Waals surface area contributed by atoms with E-state index in [0.29, 0.717) is 24.4 Å². The minimum atomic E-state index is -4.12. The van der Waals surface area contributed by atoms with E-state index in [4.69, 9.17) is 0 Å². The third-order valence-electron chi connectivity index (χ3n) is 6.77. The lowest BCUT2D eigenvalue weighted by Crippen LogP contribution is -2.67. The molecule has 1 aromatic carbocycles. The Morgan fingerprint density at radius 1 is 1.06 bits per heavy atom. The van der Waals surface area contributed by atoms with Crippen LogP contribution in [0.25, 0.3) is 0 Å². The van der Waals surface area contributed by atoms with Gasteiger partial charge in [0.25, 0.3) is 21.8 Å². The zero-order valence-corrected chi connectivity index (χ0v) is 19.3. The van der Waals surface area contributed by atoms with Crippen LogP contribution in [-0.4, -0.2) is 42.2 Å². The van der Waals surface area contributed by atoms with E-state index in [0.717, 1.165) is 5.56 Å². The largest absolute Gasteiger partial charge is 0.324 e. The normalized spacial score (nSPS) is 21.6. The average molecular weight is 456 g/mol. The highest BCUT2D eigenvalue weighted by atomic mass is 32.2. The number of benzene rings is 1. The highest BCUT2D eigenvalue weighted by molar-refractivity contribution is 7.90. The number of amides is 2. The van der Waals surface area contributed by atoms with E-state index in [1.54, 1.807) is 19.9 Å². The molecule has 1 saturated heterocycles. The molecule has 1 aliphatic heterocycles. The number of aromatic nitrogens is 1. The smallest absolute Gasteiger partial charge is 0.281 e. The molecule has 0 bridgehead atoms. The minimum Gasteiger partial charge on any atom is -0.324 e. The summed E-state index contributed by atoms with van der Waals surface area (Å²) in [5.74, 6) is -0.443. The summed E-state index contributed by atoms with van der Waals surface area (Å²) in [6.45, 7) is 3.79. The van der Waals surface area contributed by atoms with Crippen molar-refractivity contribution < 1.29 is 18.0 Å². The molecule has 2 aliphatic rings. The molecular formula is C24H29N3O4S. The van der Waals surface area contributed by atoms with Gasteiger partial charge in [0.1, 0.15) is 5.54 Å². The van der Waals surface area contributed by atoms with Gasteiger partial charge in [-0.05, 0) is 68.4 Å². The molecule has 8 heteroatoms. The third-order valence-corrected chi connectivity index (χ3v) is 8.02. The molecular weight excluding hydrogens is 426 g/mol. The summed E-state index contributed by atoms with van der Waals surface area (Å²) in [6.07, 6.45) is 7.96. The molecule has 32 heavy (non-hydrogen) atoms. The second-order valence-corrected chi connectivity index (χ2v) is 10.7. The van der Waals surface area contributed by atoms with Gasteiger partial charge in [0, 0.05) is 18.3 Å². The monoisotopic (exact) mass is 455 g/mol. The Balaban J connectivity index is 1.46. The number of nitrogens with one attached hydrogen (secondary N) is 1. The van der Waals surface area contributed by atoms with Crippen LogP contribution in [0.5, 0.6) is 0 Å². The fraction of sp³-hybridized carbons (Fsp3) is 0.458. The number of sulfonamides is 1. The van der Waals surface area contributed by atoms with Gasteiger partial charge < -0.3 is 4.90 Å². The van der Waals surface area contributed by atoms with Crippen molar-refractivity contribution in [1.82, 2.24) is 14.6 Å². The van der Waals surface area contributed by atoms with E-state index in [1.807, 2.05) is 24.3 Å². The number of nitrogens with zero attached hydrogens (tertiary/aromatic N) is 2. The first-order chi connectivity index (χ1) is 15.2. The Morgan fingerprint density at radius 3 is 2.31 bits per heavy atom. The first-order valence-corrected chi connectivity index (χ1v) is 12.6. The second kappa shape index (κ2) is 8.65. The van der Waals surface area contributed by atoms with Crippen molar-refractivity contribution in [3.05, 3.63) is 59.3 Å². The van der Waals surface area contributed by atoms with Crippen molar-refractivity contribution in [3.8, 4) is 0 Å². The summed E-state index contributed by atoms with van der Waals surface area (Å²) < 4.78 is 27.3. The first-order valence-electron chi connectivity index (χ1n) is 11.1. The van der Waals surface area contributed by atoms with E-state index >= 15 is 0 Å². The lowest BCUT2D eigenvalue weighted by Gasteiger charge is -2.48. The van der Waals surface area contributed by atoms with Crippen molar-refractivity contribution in [1.29, 1.82) is 0 Å². The summed E-state index contributed by atoms with van der Waals surface area (Å²) in [6, 6.07) is 10.6. The SMILES string of the molecule is Cc1ccc(S(=O)(=O)NC(=O)C2(C)CCN2C(=O)c2ccc(C3CCCCC3)cc2)nc1. The number of hydrogen-bond acceptors (Lipinski definition) is 5. The number of likely N-dealkylation sites (tertiary alicyclic amines) is 1. The summed E-state index contributed by atoms with van der Waals surface area (Å²) >= 11 is 0. The quantitative estimate of drug-likeness (QED) is 0.744. The zero-order chi connectivity index (χ0) is 22.9. The summed E-state index contributed by atoms with van der Waals surface area (Å²) in [5, 5.41) is -0.226. The van der Waals surface area contributed by atoms with E-state index < -0.39 is 21.5 Å². The Morgan fingerprint density at radius 2 is 1.75 bits per heavy atom. The highest BCUT2D eigenvalue weighted by Gasteiger charge is 2.50. The molecule has 170 valence electrons. The van der Waals surface area contributed by atoms with Crippen molar-refractivity contribution in [2.45, 2.75) is 68.9 Å². The van der Waals surface area contributed by atoms with Gasteiger partial charge in [-0.25, -0.2) is 9.71 Å². The van der Waals surface area contributed by atoms with E-state index in [-0.39, 0.29) is 10.9 Å². The van der Waals surface area contributed by atoms with Gasteiger partial charge in [-0.3, -0.25) is 9.59 Å². The molecule has 2 fully saturated rings. The highest BCUT2D eigenvalue weighted by Crippen LogP contribution is 2.35. The van der Waals surface area contributed by atoms with Gasteiger partial charge >= 0.3 is 0 Å². The molecule has 1 aromatic heterocycles. The van der Waals surface area contributed by atoms with Gasteiger partial charge in [-0.1, -0.05) is 37.5 Å². The van der Waals surface area contributed by atoms with Crippen LogP contribution >= 0.6 is 0 Å². The van der Waals surface area contributed by atoms with E-state index in [2.05, 4.69) is 9.71 Å². The van der Waals surface area contributed by atoms with Gasteiger partial charge in [0.15, 0.2) is 5.03 Å². The number of carbonyl (C=O) groups is 2. The van der Waals surface area contributed by atoms with Crippen LogP contribution in [0.4, 0.5) is 0 Å². The number of pyridine rings is 1. The Bertz CT molecular complexity index is 1110. The topological polar surface area (TPSA) is 96.4 Å². The van der Waals surface area contributed by atoms with Crippen LogP contribution in [0.1, 0.15) is 72.9 Å². The maximum Gasteiger partial charge on any atom is 0.281 e. The Labute approximate surface area is 189 Å². The van der Waals surface area contributed by atoms with Crippen molar-refractivity contribution >= 4 is 21.8 Å². The molecule has 4 rings (SSSR count). The molecule has 0 spiro atoms. The van der Waals surface area contributed by atoms with Crippen molar-refractivity contribution in [3.63, 3.8) is 0 Å². The molecule has 1 N–H and O–H groups in total. The second-order valence-electron chi connectivity index (χ2n) is 9.05. The van der Waals surface area contributed by atoms with Crippen molar-refractivity contribution in [2.24, 2.45) is 0 Å². The molecule has 0 radical (unpaired) electrons. The predicted molar refractivity (Wildman–Crippen MR) is 121 cm³/mol. The number of carbonyl (C=O) groups excluding carboxylic acids is 2. The standard InChI is InChI=1S/C24H29N3O4S/c1-17-8-13-21(25-16-17)32(30,31)26-23(29)24(2)14-15-27(24)22(28)20-11-9-19(10-12-20)18-6-4-3-5-7-18/h8-13,16,18H,3-7,14-15H2,1-2H3,(H,26,29). The molecule has 1 saturated carbocycles. The zero-order valence-electron chi connectivity index (χ0n) is 18.5. The molecule has 7 nitrogen and oxygen atoms in total. The van der Waals surface area contributed by atoms with Gasteiger partial charge in [-0.15, -0.1) is 0 Å². The third kappa shape index (κ3) is 4.28. The fourth-order valence-electron chi connectivity index (χ4n) is 4.51. The maximum absolute atomic E-state index is 13.1. The van der Waals surface area contributed by atoms with Crippen LogP contribution in [0.3, 0.4) is 0 Å². The lowest BCUT2D eigenvalue weighted by molar-refractivity contribution is -0.135. The van der Waals surface area contributed by atoms with Gasteiger partial charge in [0.05, 0.1) is 0 Å². The molecule has 2 heterocycles. The van der Waals surface area contributed by atoms with Crippen molar-refractivity contribution in [2.75, 3.05) is 6.54 Å². The predicted octanol–water partition coefficient (Wildman–Crippen LogP) is 3.55. The van der Waals surface area contributed by atoms with Gasteiger partial charge in [0.2, 0.25) is 0 Å². The van der Waals surface area contributed by atoms with E-state index in [9.17, 15) is 18.0 Å². The maximum atomic E-state index is 13.1.